The third-order valence-electron chi connectivity index (χ3n) is 9.98. The van der Waals surface area contributed by atoms with E-state index in [9.17, 15) is 14.4 Å². The lowest BCUT2D eigenvalue weighted by Crippen LogP contribution is -2.42. The van der Waals surface area contributed by atoms with Crippen LogP contribution in [0.3, 0.4) is 0 Å². The molecule has 0 bridgehead atoms. The standard InChI is InChI=1S/C38H44FN7O3/c39-35-32(2-1-3-33(35)38(49)45-31-16-18-41-19-17-31)26-8-4-24(5-9-26)20-29(21-34(47)27-10-6-25(22-40)7-11-27)37(48)44-30-14-12-28(13-15-30)36-42-23-43-46-36/h1-5,8-9,12-15,25,27,29,31,41H,6-7,10-11,16-23,40H2,(H,44,48)(H,45,49)/t25?,27?,29-/m1/s1. The molecule has 1 aliphatic carbocycles. The second-order valence-electron chi connectivity index (χ2n) is 13.3. The van der Waals surface area contributed by atoms with E-state index in [0.717, 1.165) is 62.7 Å². The number of benzene rings is 3. The minimum Gasteiger partial charge on any atom is -0.349 e. The lowest BCUT2D eigenvalue weighted by molar-refractivity contribution is -0.129. The number of hydrogen-bond donors (Lipinski definition) is 4. The van der Waals surface area contributed by atoms with Crippen molar-refractivity contribution in [1.82, 2.24) is 10.6 Å². The zero-order valence-corrected chi connectivity index (χ0v) is 27.7. The van der Waals surface area contributed by atoms with Crippen molar-refractivity contribution in [3.05, 3.63) is 89.2 Å². The number of carbonyl (C=O) groups is 3. The highest BCUT2D eigenvalue weighted by Gasteiger charge is 2.30. The summed E-state index contributed by atoms with van der Waals surface area (Å²) in [4.78, 5) is 44.4. The highest BCUT2D eigenvalue weighted by atomic mass is 19.1. The molecule has 2 aliphatic heterocycles. The average Bonchev–Trinajstić information content (AvgIpc) is 3.68. The van der Waals surface area contributed by atoms with E-state index in [2.05, 4.69) is 31.2 Å². The predicted octanol–water partition coefficient (Wildman–Crippen LogP) is 5.67. The Bertz CT molecular complexity index is 1690. The summed E-state index contributed by atoms with van der Waals surface area (Å²) < 4.78 is 15.7. The summed E-state index contributed by atoms with van der Waals surface area (Å²) in [5.41, 5.74) is 9.11. The Hall–Kier alpha value is -4.61. The number of aliphatic imine (C=N–C) groups is 1. The molecule has 49 heavy (non-hydrogen) atoms. The molecule has 3 aromatic carbocycles. The Balaban J connectivity index is 1.16. The Morgan fingerprint density at radius 1 is 0.898 bits per heavy atom. The number of nitrogens with one attached hydrogen (secondary N) is 3. The summed E-state index contributed by atoms with van der Waals surface area (Å²) in [6.07, 6.45) is 5.55. The zero-order chi connectivity index (χ0) is 34.2. The van der Waals surface area contributed by atoms with Gasteiger partial charge < -0.3 is 21.7 Å². The molecule has 11 heteroatoms. The predicted molar refractivity (Wildman–Crippen MR) is 188 cm³/mol. The van der Waals surface area contributed by atoms with Crippen LogP contribution < -0.4 is 21.7 Å². The minimum absolute atomic E-state index is 0.0181. The number of hydrogen-bond acceptors (Lipinski definition) is 8. The zero-order valence-electron chi connectivity index (χ0n) is 27.7. The fourth-order valence-corrected chi connectivity index (χ4v) is 6.98. The van der Waals surface area contributed by atoms with Crippen LogP contribution in [0.1, 0.15) is 66.4 Å². The van der Waals surface area contributed by atoms with Crippen molar-refractivity contribution in [2.45, 2.75) is 57.4 Å². The third kappa shape index (κ3) is 8.71. The molecule has 2 fully saturated rings. The number of ketones is 1. The second-order valence-corrected chi connectivity index (χ2v) is 13.3. The van der Waals surface area contributed by atoms with Crippen molar-refractivity contribution >= 4 is 29.1 Å². The molecule has 6 rings (SSSR count). The number of carbonyl (C=O) groups excluding carboxylic acids is 3. The molecule has 0 unspecified atom stereocenters. The van der Waals surface area contributed by atoms with Gasteiger partial charge in [-0.1, -0.05) is 36.4 Å². The normalized spacial score (nSPS) is 20.0. The number of piperidine rings is 1. The van der Waals surface area contributed by atoms with E-state index in [1.807, 2.05) is 24.3 Å². The van der Waals surface area contributed by atoms with Gasteiger partial charge in [-0.3, -0.25) is 14.4 Å². The van der Waals surface area contributed by atoms with Gasteiger partial charge in [-0.25, -0.2) is 9.38 Å². The summed E-state index contributed by atoms with van der Waals surface area (Å²) in [6, 6.07) is 19.4. The van der Waals surface area contributed by atoms with Gasteiger partial charge in [0.15, 0.2) is 12.5 Å². The number of Topliss-reactive ketones (excluding diaryl/α,β-unsaturated/α-hetero) is 1. The van der Waals surface area contributed by atoms with Gasteiger partial charge in [0, 0.05) is 41.1 Å². The Morgan fingerprint density at radius 3 is 2.29 bits per heavy atom. The molecular weight excluding hydrogens is 621 g/mol. The lowest BCUT2D eigenvalue weighted by Gasteiger charge is -2.27. The van der Waals surface area contributed by atoms with E-state index in [4.69, 9.17) is 5.73 Å². The molecule has 1 saturated carbocycles. The minimum atomic E-state index is -0.600. The highest BCUT2D eigenvalue weighted by Crippen LogP contribution is 2.32. The molecule has 2 amide bonds. The van der Waals surface area contributed by atoms with Gasteiger partial charge >= 0.3 is 0 Å². The number of halogens is 1. The molecule has 0 radical (unpaired) electrons. The van der Waals surface area contributed by atoms with Gasteiger partial charge in [-0.05, 0) is 112 Å². The molecule has 3 aromatic rings. The largest absolute Gasteiger partial charge is 0.349 e. The second kappa shape index (κ2) is 16.2. The van der Waals surface area contributed by atoms with Crippen LogP contribution in [0.15, 0.2) is 82.0 Å². The van der Waals surface area contributed by atoms with Crippen molar-refractivity contribution < 1.29 is 18.8 Å². The van der Waals surface area contributed by atoms with E-state index in [1.54, 1.807) is 36.4 Å². The number of rotatable bonds is 12. The van der Waals surface area contributed by atoms with E-state index in [1.165, 1.54) is 6.07 Å². The summed E-state index contributed by atoms with van der Waals surface area (Å²) in [5, 5.41) is 17.1. The van der Waals surface area contributed by atoms with E-state index in [0.29, 0.717) is 48.2 Å². The fraction of sp³-hybridized carbons (Fsp3) is 0.421. The molecule has 0 spiro atoms. The van der Waals surface area contributed by atoms with Crippen molar-refractivity contribution in [3.63, 3.8) is 0 Å². The Kier molecular flexibility index (Phi) is 11.3. The third-order valence-corrected chi connectivity index (χ3v) is 9.98. The molecule has 0 aromatic heterocycles. The number of amidine groups is 1. The maximum atomic E-state index is 15.7. The van der Waals surface area contributed by atoms with Gasteiger partial charge in [0.05, 0.1) is 5.56 Å². The number of azo groups is 1. The Labute approximate surface area is 286 Å². The highest BCUT2D eigenvalue weighted by molar-refractivity contribution is 6.01. The van der Waals surface area contributed by atoms with Gasteiger partial charge in [-0.2, -0.15) is 5.11 Å². The molecule has 1 saturated heterocycles. The first-order valence-electron chi connectivity index (χ1n) is 17.3. The Morgan fingerprint density at radius 2 is 1.61 bits per heavy atom. The maximum Gasteiger partial charge on any atom is 0.254 e. The van der Waals surface area contributed by atoms with Crippen LogP contribution >= 0.6 is 0 Å². The quantitative estimate of drug-likeness (QED) is 0.197. The summed E-state index contributed by atoms with van der Waals surface area (Å²) in [7, 11) is 0. The monoisotopic (exact) mass is 665 g/mol. The maximum absolute atomic E-state index is 15.7. The van der Waals surface area contributed by atoms with Crippen LogP contribution in [0.25, 0.3) is 11.1 Å². The van der Waals surface area contributed by atoms with Crippen molar-refractivity contribution in [2.24, 2.45) is 38.7 Å². The van der Waals surface area contributed by atoms with Crippen LogP contribution in [0, 0.1) is 23.6 Å². The van der Waals surface area contributed by atoms with Crippen LogP contribution in [0.4, 0.5) is 10.1 Å². The van der Waals surface area contributed by atoms with Gasteiger partial charge in [0.25, 0.3) is 5.91 Å². The van der Waals surface area contributed by atoms with Crippen LogP contribution in [-0.4, -0.2) is 55.8 Å². The smallest absolute Gasteiger partial charge is 0.254 e. The number of nitrogens with two attached hydrogens (primary N) is 1. The summed E-state index contributed by atoms with van der Waals surface area (Å²) in [6.45, 7) is 2.60. The first-order chi connectivity index (χ1) is 23.9. The van der Waals surface area contributed by atoms with Crippen molar-refractivity contribution in [3.8, 4) is 11.1 Å². The molecular formula is C38H44FN7O3. The van der Waals surface area contributed by atoms with Crippen molar-refractivity contribution in [2.75, 3.05) is 31.6 Å². The van der Waals surface area contributed by atoms with Crippen LogP contribution in [0.5, 0.6) is 0 Å². The number of anilines is 1. The van der Waals surface area contributed by atoms with Gasteiger partial charge in [0.2, 0.25) is 5.91 Å². The van der Waals surface area contributed by atoms with E-state index < -0.39 is 17.6 Å². The SMILES string of the molecule is NCC1CCC(C(=O)C[C@@H](Cc2ccc(-c3cccc(C(=O)NC4CCNCC4)c3F)cc2)C(=O)Nc2ccc(C3=NCN=N3)cc2)CC1. The lowest BCUT2D eigenvalue weighted by atomic mass is 9.77. The number of amides is 2. The molecule has 1 atom stereocenters. The van der Waals surface area contributed by atoms with Gasteiger partial charge in [0.1, 0.15) is 11.6 Å². The van der Waals surface area contributed by atoms with Crippen LogP contribution in [0.2, 0.25) is 0 Å². The summed E-state index contributed by atoms with van der Waals surface area (Å²) in [5.74, 6) is -0.767. The van der Waals surface area contributed by atoms with Gasteiger partial charge in [-0.15, -0.1) is 5.11 Å². The molecule has 3 aliphatic rings. The molecule has 256 valence electrons. The summed E-state index contributed by atoms with van der Waals surface area (Å²) >= 11 is 0. The number of nitrogens with zero attached hydrogens (tertiary/aromatic N) is 3. The first kappa shape index (κ1) is 34.3. The van der Waals surface area contributed by atoms with E-state index >= 15 is 4.39 Å². The molecule has 5 N–H and O–H groups in total. The van der Waals surface area contributed by atoms with E-state index in [-0.39, 0.29) is 35.6 Å². The average molecular weight is 666 g/mol. The first-order valence-corrected chi connectivity index (χ1v) is 17.3. The fourth-order valence-electron chi connectivity index (χ4n) is 6.98. The van der Waals surface area contributed by atoms with Crippen molar-refractivity contribution in [1.29, 1.82) is 0 Å². The molecule has 10 nitrogen and oxygen atoms in total. The molecule has 2 heterocycles. The topological polar surface area (TPSA) is 150 Å². The van der Waals surface area contributed by atoms with Crippen LogP contribution in [-0.2, 0) is 16.0 Å².